The number of imidazole rings is 1. The maximum Gasteiger partial charge on any atom is 0.307 e. The number of aryl methyl sites for hydroxylation is 1. The van der Waals surface area contributed by atoms with Gasteiger partial charge in [0.2, 0.25) is 0 Å². The van der Waals surface area contributed by atoms with E-state index in [0.717, 1.165) is 73.2 Å². The standard InChI is InChI=1S/C33H37FN4O3/c1-22-9-10-24(35-19-22)21-41-26-12-14-30-31(18-26)38(32(36-30)27-7-3-4-8-28(27)33(39)40)20-23-17-25(11-13-29(23)34)37-15-5-2-6-16-37/h9-14,17-19,27-28H,2-8,15-16,20-21H2,1H3,(H,39,40). The van der Waals surface area contributed by atoms with Crippen molar-refractivity contribution in [1.29, 1.82) is 0 Å². The van der Waals surface area contributed by atoms with Crippen molar-refractivity contribution in [3.63, 3.8) is 0 Å². The summed E-state index contributed by atoms with van der Waals surface area (Å²) in [4.78, 5) is 24.0. The summed E-state index contributed by atoms with van der Waals surface area (Å²) in [7, 11) is 0. The average Bonchev–Trinajstić information content (AvgIpc) is 3.35. The van der Waals surface area contributed by atoms with E-state index in [-0.39, 0.29) is 18.3 Å². The molecule has 214 valence electrons. The number of carbonyl (C=O) groups is 1. The fourth-order valence-corrected chi connectivity index (χ4v) is 6.34. The van der Waals surface area contributed by atoms with Crippen LogP contribution in [0.5, 0.6) is 5.75 Å². The van der Waals surface area contributed by atoms with Crippen LogP contribution in [0.15, 0.2) is 54.7 Å². The van der Waals surface area contributed by atoms with Crippen LogP contribution in [0.2, 0.25) is 0 Å². The van der Waals surface area contributed by atoms with E-state index in [1.807, 2.05) is 60.2 Å². The van der Waals surface area contributed by atoms with Crippen molar-refractivity contribution in [2.24, 2.45) is 5.92 Å². The van der Waals surface area contributed by atoms with Gasteiger partial charge < -0.3 is 19.3 Å². The van der Waals surface area contributed by atoms with E-state index in [1.54, 1.807) is 6.07 Å². The second kappa shape index (κ2) is 11.9. The molecule has 1 aliphatic carbocycles. The van der Waals surface area contributed by atoms with Gasteiger partial charge in [-0.1, -0.05) is 18.9 Å². The highest BCUT2D eigenvalue weighted by Crippen LogP contribution is 2.40. The van der Waals surface area contributed by atoms with E-state index >= 15 is 4.39 Å². The van der Waals surface area contributed by atoms with Gasteiger partial charge in [0.15, 0.2) is 0 Å². The molecule has 6 rings (SSSR count). The first-order valence-corrected chi connectivity index (χ1v) is 14.8. The Morgan fingerprint density at radius 1 is 1.02 bits per heavy atom. The Hall–Kier alpha value is -3.94. The number of rotatable bonds is 8. The van der Waals surface area contributed by atoms with Crippen molar-refractivity contribution in [3.05, 3.63) is 83.2 Å². The van der Waals surface area contributed by atoms with E-state index < -0.39 is 11.9 Å². The number of nitrogens with zero attached hydrogens (tertiary/aromatic N) is 4. The van der Waals surface area contributed by atoms with Gasteiger partial charge in [-0.05, 0) is 81.0 Å². The summed E-state index contributed by atoms with van der Waals surface area (Å²) < 4.78 is 23.5. The molecule has 1 N–H and O–H groups in total. The smallest absolute Gasteiger partial charge is 0.307 e. The molecule has 2 aliphatic rings. The summed E-state index contributed by atoms with van der Waals surface area (Å²) in [5, 5.41) is 10.1. The van der Waals surface area contributed by atoms with Crippen LogP contribution >= 0.6 is 0 Å². The van der Waals surface area contributed by atoms with Crippen LogP contribution < -0.4 is 9.64 Å². The van der Waals surface area contributed by atoms with Gasteiger partial charge in [0.25, 0.3) is 0 Å². The number of aliphatic carboxylic acids is 1. The zero-order chi connectivity index (χ0) is 28.3. The average molecular weight is 557 g/mol. The molecule has 7 nitrogen and oxygen atoms in total. The number of hydrogen-bond donors (Lipinski definition) is 1. The van der Waals surface area contributed by atoms with E-state index in [1.165, 1.54) is 6.42 Å². The summed E-state index contributed by atoms with van der Waals surface area (Å²) in [6.07, 6.45) is 8.55. The molecule has 2 aromatic carbocycles. The van der Waals surface area contributed by atoms with E-state index in [9.17, 15) is 9.90 Å². The minimum absolute atomic E-state index is 0.233. The molecule has 1 aliphatic heterocycles. The Kier molecular flexibility index (Phi) is 7.90. The molecule has 2 fully saturated rings. The first-order chi connectivity index (χ1) is 20.0. The lowest BCUT2D eigenvalue weighted by Gasteiger charge is -2.30. The SMILES string of the molecule is Cc1ccc(COc2ccc3nc(C4CCCCC4C(=O)O)n(Cc4cc(N5CCCCC5)ccc4F)c3c2)nc1. The molecule has 1 saturated carbocycles. The minimum Gasteiger partial charge on any atom is -0.487 e. The number of aromatic nitrogens is 3. The highest BCUT2D eigenvalue weighted by atomic mass is 19.1. The molecule has 0 bridgehead atoms. The number of anilines is 1. The largest absolute Gasteiger partial charge is 0.487 e. The second-order valence-corrected chi connectivity index (χ2v) is 11.5. The maximum absolute atomic E-state index is 15.3. The van der Waals surface area contributed by atoms with E-state index in [4.69, 9.17) is 9.72 Å². The third-order valence-corrected chi connectivity index (χ3v) is 8.60. The van der Waals surface area contributed by atoms with Crippen molar-refractivity contribution in [3.8, 4) is 5.75 Å². The van der Waals surface area contributed by atoms with Gasteiger partial charge in [-0.15, -0.1) is 0 Å². The third-order valence-electron chi connectivity index (χ3n) is 8.60. The van der Waals surface area contributed by atoms with Gasteiger partial charge >= 0.3 is 5.97 Å². The second-order valence-electron chi connectivity index (χ2n) is 11.5. The lowest BCUT2D eigenvalue weighted by molar-refractivity contribution is -0.143. The number of ether oxygens (including phenoxy) is 1. The summed E-state index contributed by atoms with van der Waals surface area (Å²) in [6.45, 7) is 4.54. The molecule has 41 heavy (non-hydrogen) atoms. The fraction of sp³-hybridized carbons (Fsp3) is 0.424. The third kappa shape index (κ3) is 5.92. The van der Waals surface area contributed by atoms with E-state index in [2.05, 4.69) is 9.88 Å². The zero-order valence-electron chi connectivity index (χ0n) is 23.6. The number of halogens is 1. The number of fused-ring (bicyclic) bond motifs is 1. The highest BCUT2D eigenvalue weighted by Gasteiger charge is 2.35. The molecule has 0 amide bonds. The Labute approximate surface area is 240 Å². The molecule has 0 radical (unpaired) electrons. The summed E-state index contributed by atoms with van der Waals surface area (Å²) in [5.41, 5.74) is 5.09. The predicted octanol–water partition coefficient (Wildman–Crippen LogP) is 6.85. The van der Waals surface area contributed by atoms with Crippen LogP contribution in [-0.4, -0.2) is 38.7 Å². The lowest BCUT2D eigenvalue weighted by Crippen LogP contribution is -2.29. The Morgan fingerprint density at radius 2 is 1.85 bits per heavy atom. The van der Waals surface area contributed by atoms with Gasteiger partial charge in [-0.2, -0.15) is 0 Å². The molecule has 2 aromatic heterocycles. The van der Waals surface area contributed by atoms with Crippen molar-refractivity contribution in [2.75, 3.05) is 18.0 Å². The minimum atomic E-state index is -0.791. The van der Waals surface area contributed by atoms with Gasteiger partial charge in [0, 0.05) is 42.5 Å². The van der Waals surface area contributed by atoms with Gasteiger partial charge in [-0.3, -0.25) is 9.78 Å². The normalized spacial score (nSPS) is 19.4. The monoisotopic (exact) mass is 556 g/mol. The van der Waals surface area contributed by atoms with Crippen LogP contribution in [0.25, 0.3) is 11.0 Å². The molecule has 4 aromatic rings. The molecule has 1 saturated heterocycles. The van der Waals surface area contributed by atoms with Crippen LogP contribution in [0.1, 0.15) is 73.5 Å². The topological polar surface area (TPSA) is 80.5 Å². The number of carboxylic acids is 1. The molecule has 0 spiro atoms. The Bertz CT molecular complexity index is 1530. The number of pyridine rings is 1. The number of piperidine rings is 1. The van der Waals surface area contributed by atoms with Crippen molar-refractivity contribution < 1.29 is 19.0 Å². The first kappa shape index (κ1) is 27.2. The molecule has 2 unspecified atom stereocenters. The lowest BCUT2D eigenvalue weighted by atomic mass is 9.78. The zero-order valence-corrected chi connectivity index (χ0v) is 23.6. The maximum atomic E-state index is 15.3. The van der Waals surface area contributed by atoms with Crippen LogP contribution in [-0.2, 0) is 17.9 Å². The Morgan fingerprint density at radius 3 is 2.63 bits per heavy atom. The quantitative estimate of drug-likeness (QED) is 0.256. The van der Waals surface area contributed by atoms with Crippen molar-refractivity contribution in [2.45, 2.75) is 70.9 Å². The van der Waals surface area contributed by atoms with Crippen molar-refractivity contribution in [1.82, 2.24) is 14.5 Å². The molecular weight excluding hydrogens is 519 g/mol. The van der Waals surface area contributed by atoms with Gasteiger partial charge in [0.1, 0.15) is 24.0 Å². The Balaban J connectivity index is 1.38. The van der Waals surface area contributed by atoms with Crippen LogP contribution in [0.4, 0.5) is 10.1 Å². The van der Waals surface area contributed by atoms with Crippen molar-refractivity contribution >= 4 is 22.7 Å². The van der Waals surface area contributed by atoms with Gasteiger partial charge in [0.05, 0.1) is 29.2 Å². The highest BCUT2D eigenvalue weighted by molar-refractivity contribution is 5.79. The number of hydrogen-bond acceptors (Lipinski definition) is 5. The summed E-state index contributed by atoms with van der Waals surface area (Å²) in [6, 6.07) is 15.1. The molecular formula is C33H37FN4O3. The first-order valence-electron chi connectivity index (χ1n) is 14.8. The molecule has 3 heterocycles. The molecule has 2 atom stereocenters. The predicted molar refractivity (Wildman–Crippen MR) is 157 cm³/mol. The van der Waals surface area contributed by atoms with E-state index in [0.29, 0.717) is 30.2 Å². The molecule has 8 heteroatoms. The number of carboxylic acid groups (broad SMARTS) is 1. The van der Waals surface area contributed by atoms with Crippen LogP contribution in [0, 0.1) is 18.7 Å². The summed E-state index contributed by atoms with van der Waals surface area (Å²) in [5.74, 6) is -0.424. The van der Waals surface area contributed by atoms with Crippen LogP contribution in [0.3, 0.4) is 0 Å². The fourth-order valence-electron chi connectivity index (χ4n) is 6.34. The van der Waals surface area contributed by atoms with Gasteiger partial charge in [-0.25, -0.2) is 9.37 Å². The summed E-state index contributed by atoms with van der Waals surface area (Å²) >= 11 is 0. The number of benzene rings is 2.